The molecule has 6 heteroatoms. The minimum absolute atomic E-state index is 0.373. The number of anilines is 1. The molecule has 1 atom stereocenters. The van der Waals surface area contributed by atoms with Crippen molar-refractivity contribution in [2.24, 2.45) is 0 Å². The fraction of sp³-hybridized carbons (Fsp3) is 0.227. The Hall–Kier alpha value is -3.41. The second-order valence-electron chi connectivity index (χ2n) is 6.59. The van der Waals surface area contributed by atoms with Crippen LogP contribution in [0.4, 0.5) is 5.69 Å². The van der Waals surface area contributed by atoms with Gasteiger partial charge in [0.1, 0.15) is 0 Å². The molecule has 1 N–H and O–H groups in total. The van der Waals surface area contributed by atoms with E-state index in [1.165, 1.54) is 0 Å². The van der Waals surface area contributed by atoms with E-state index >= 15 is 0 Å². The number of para-hydroxylation sites is 1. The number of carbonyl (C=O) groups is 2. The first-order valence-corrected chi connectivity index (χ1v) is 9.09. The highest BCUT2D eigenvalue weighted by Gasteiger charge is 2.22. The van der Waals surface area contributed by atoms with Gasteiger partial charge in [-0.2, -0.15) is 0 Å². The molecule has 6 nitrogen and oxygen atoms in total. The van der Waals surface area contributed by atoms with Crippen LogP contribution in [-0.2, 0) is 16.1 Å². The van der Waals surface area contributed by atoms with Gasteiger partial charge in [0, 0.05) is 23.3 Å². The van der Waals surface area contributed by atoms with Crippen molar-refractivity contribution in [1.29, 1.82) is 0 Å². The fourth-order valence-corrected chi connectivity index (χ4v) is 2.95. The average Bonchev–Trinajstić information content (AvgIpc) is 2.98. The number of carbonyl (C=O) groups excluding carboxylic acids is 2. The van der Waals surface area contributed by atoms with Crippen molar-refractivity contribution >= 4 is 17.6 Å². The van der Waals surface area contributed by atoms with E-state index in [0.29, 0.717) is 17.8 Å². The van der Waals surface area contributed by atoms with Gasteiger partial charge < -0.3 is 14.6 Å². The van der Waals surface area contributed by atoms with Gasteiger partial charge in [0.25, 0.3) is 5.91 Å². The highest BCUT2D eigenvalue weighted by molar-refractivity contribution is 5.97. The zero-order chi connectivity index (χ0) is 20.1. The van der Waals surface area contributed by atoms with Crippen LogP contribution >= 0.6 is 0 Å². The lowest BCUT2D eigenvalue weighted by Crippen LogP contribution is -2.30. The van der Waals surface area contributed by atoms with Crippen LogP contribution < -0.4 is 5.32 Å². The molecule has 0 fully saturated rings. The van der Waals surface area contributed by atoms with Gasteiger partial charge in [-0.3, -0.25) is 9.78 Å². The van der Waals surface area contributed by atoms with Crippen molar-refractivity contribution in [1.82, 2.24) is 9.55 Å². The lowest BCUT2D eigenvalue weighted by atomic mass is 10.2. The quantitative estimate of drug-likeness (QED) is 0.664. The molecule has 0 saturated carbocycles. The predicted octanol–water partition coefficient (Wildman–Crippen LogP) is 3.73. The standard InChI is InChI=1S/C22H23N3O3/c1-15-13-20(16(2)25(15)14-19-11-7-8-12-23-19)22(27)28-17(3)21(26)24-18-9-5-4-6-10-18/h4-13,17H,14H2,1-3H3,(H,24,26). The minimum Gasteiger partial charge on any atom is -0.449 e. The van der Waals surface area contributed by atoms with E-state index in [1.54, 1.807) is 31.3 Å². The smallest absolute Gasteiger partial charge is 0.340 e. The second-order valence-corrected chi connectivity index (χ2v) is 6.59. The molecule has 144 valence electrons. The van der Waals surface area contributed by atoms with Gasteiger partial charge in [-0.15, -0.1) is 0 Å². The van der Waals surface area contributed by atoms with Gasteiger partial charge >= 0.3 is 5.97 Å². The first kappa shape index (κ1) is 19.4. The van der Waals surface area contributed by atoms with Gasteiger partial charge in [0.05, 0.1) is 17.8 Å². The Labute approximate surface area is 164 Å². The number of rotatable bonds is 6. The highest BCUT2D eigenvalue weighted by Crippen LogP contribution is 2.18. The molecule has 2 heterocycles. The zero-order valence-corrected chi connectivity index (χ0v) is 16.2. The lowest BCUT2D eigenvalue weighted by Gasteiger charge is -2.14. The Bertz CT molecular complexity index is 965. The number of ether oxygens (including phenoxy) is 1. The van der Waals surface area contributed by atoms with Crippen LogP contribution in [0.2, 0.25) is 0 Å². The second kappa shape index (κ2) is 8.52. The summed E-state index contributed by atoms with van der Waals surface area (Å²) in [7, 11) is 0. The number of nitrogens with one attached hydrogen (secondary N) is 1. The van der Waals surface area contributed by atoms with Crippen molar-refractivity contribution in [2.75, 3.05) is 5.32 Å². The van der Waals surface area contributed by atoms with E-state index < -0.39 is 12.1 Å². The fourth-order valence-electron chi connectivity index (χ4n) is 2.95. The summed E-state index contributed by atoms with van der Waals surface area (Å²) < 4.78 is 7.40. The van der Waals surface area contributed by atoms with E-state index in [4.69, 9.17) is 4.74 Å². The third-order valence-electron chi connectivity index (χ3n) is 4.53. The van der Waals surface area contributed by atoms with Crippen LogP contribution in [0.25, 0.3) is 0 Å². The molecule has 0 aliphatic heterocycles. The van der Waals surface area contributed by atoms with Crippen molar-refractivity contribution < 1.29 is 14.3 Å². The van der Waals surface area contributed by atoms with Gasteiger partial charge in [-0.25, -0.2) is 4.79 Å². The summed E-state index contributed by atoms with van der Waals surface area (Å²) in [6.07, 6.45) is 0.831. The molecule has 0 aliphatic rings. The summed E-state index contributed by atoms with van der Waals surface area (Å²) in [6, 6.07) is 16.6. The summed E-state index contributed by atoms with van der Waals surface area (Å²) in [5.74, 6) is -0.891. The third kappa shape index (κ3) is 4.46. The first-order chi connectivity index (χ1) is 13.5. The Kier molecular flexibility index (Phi) is 5.89. The average molecular weight is 377 g/mol. The molecule has 0 aliphatic carbocycles. The van der Waals surface area contributed by atoms with Gasteiger partial charge in [0.2, 0.25) is 0 Å². The monoisotopic (exact) mass is 377 g/mol. The van der Waals surface area contributed by atoms with Gasteiger partial charge in [-0.05, 0) is 51.1 Å². The highest BCUT2D eigenvalue weighted by atomic mass is 16.5. The van der Waals surface area contributed by atoms with Crippen molar-refractivity contribution in [3.05, 3.63) is 83.4 Å². The molecule has 1 unspecified atom stereocenters. The molecule has 0 spiro atoms. The van der Waals surface area contributed by atoms with Crippen LogP contribution in [0.3, 0.4) is 0 Å². The van der Waals surface area contributed by atoms with E-state index in [2.05, 4.69) is 10.3 Å². The van der Waals surface area contributed by atoms with E-state index in [1.807, 2.05) is 54.8 Å². The molecule has 1 aromatic carbocycles. The molecule has 0 bridgehead atoms. The van der Waals surface area contributed by atoms with Crippen LogP contribution in [0.5, 0.6) is 0 Å². The van der Waals surface area contributed by atoms with E-state index in [-0.39, 0.29) is 5.91 Å². The first-order valence-electron chi connectivity index (χ1n) is 9.09. The number of amides is 1. The number of esters is 1. The molecular formula is C22H23N3O3. The Morgan fingerprint density at radius 2 is 1.82 bits per heavy atom. The normalized spacial score (nSPS) is 11.7. The summed E-state index contributed by atoms with van der Waals surface area (Å²) in [4.78, 5) is 29.2. The summed E-state index contributed by atoms with van der Waals surface area (Å²) >= 11 is 0. The van der Waals surface area contributed by atoms with Crippen LogP contribution in [0, 0.1) is 13.8 Å². The van der Waals surface area contributed by atoms with E-state index in [9.17, 15) is 9.59 Å². The maximum Gasteiger partial charge on any atom is 0.340 e. The minimum atomic E-state index is -0.911. The number of benzene rings is 1. The molecule has 2 aromatic heterocycles. The number of aromatic nitrogens is 2. The molecular weight excluding hydrogens is 354 g/mol. The SMILES string of the molecule is Cc1cc(C(=O)OC(C)C(=O)Nc2ccccc2)c(C)n1Cc1ccccn1. The Morgan fingerprint density at radius 1 is 1.11 bits per heavy atom. The topological polar surface area (TPSA) is 73.2 Å². The maximum atomic E-state index is 12.6. The molecule has 3 rings (SSSR count). The molecule has 0 saturated heterocycles. The van der Waals surface area contributed by atoms with Crippen molar-refractivity contribution in [2.45, 2.75) is 33.4 Å². The predicted molar refractivity (Wildman–Crippen MR) is 107 cm³/mol. The Morgan fingerprint density at radius 3 is 2.50 bits per heavy atom. The molecule has 1 amide bonds. The van der Waals surface area contributed by atoms with Crippen molar-refractivity contribution in [3.8, 4) is 0 Å². The third-order valence-corrected chi connectivity index (χ3v) is 4.53. The molecule has 3 aromatic rings. The number of nitrogens with zero attached hydrogens (tertiary/aromatic N) is 2. The Balaban J connectivity index is 1.68. The molecule has 28 heavy (non-hydrogen) atoms. The zero-order valence-electron chi connectivity index (χ0n) is 16.2. The number of aryl methyl sites for hydroxylation is 1. The molecule has 0 radical (unpaired) electrons. The number of hydrogen-bond acceptors (Lipinski definition) is 4. The van der Waals surface area contributed by atoms with Crippen molar-refractivity contribution in [3.63, 3.8) is 0 Å². The largest absolute Gasteiger partial charge is 0.449 e. The summed E-state index contributed by atoms with van der Waals surface area (Å²) in [6.45, 7) is 5.92. The van der Waals surface area contributed by atoms with Gasteiger partial charge in [0.15, 0.2) is 6.10 Å². The van der Waals surface area contributed by atoms with Crippen LogP contribution in [0.15, 0.2) is 60.8 Å². The number of pyridine rings is 1. The maximum absolute atomic E-state index is 12.6. The van der Waals surface area contributed by atoms with E-state index in [0.717, 1.165) is 17.1 Å². The summed E-state index contributed by atoms with van der Waals surface area (Å²) in [5.41, 5.74) is 3.72. The lowest BCUT2D eigenvalue weighted by molar-refractivity contribution is -0.123. The van der Waals surface area contributed by atoms with Crippen LogP contribution in [0.1, 0.15) is 34.4 Å². The van der Waals surface area contributed by atoms with Gasteiger partial charge in [-0.1, -0.05) is 24.3 Å². The number of hydrogen-bond donors (Lipinski definition) is 1. The van der Waals surface area contributed by atoms with Crippen LogP contribution in [-0.4, -0.2) is 27.5 Å². The summed E-state index contributed by atoms with van der Waals surface area (Å²) in [5, 5.41) is 2.73.